The zero-order valence-electron chi connectivity index (χ0n) is 10.5. The molecule has 1 saturated carbocycles. The summed E-state index contributed by atoms with van der Waals surface area (Å²) < 4.78 is 0.958. The highest BCUT2D eigenvalue weighted by atomic mass is 79.9. The Balaban J connectivity index is 2.01. The summed E-state index contributed by atoms with van der Waals surface area (Å²) in [5.74, 6) is -0.971. The van der Waals surface area contributed by atoms with Gasteiger partial charge in [-0.25, -0.2) is 9.59 Å². The van der Waals surface area contributed by atoms with Crippen molar-refractivity contribution in [3.63, 3.8) is 0 Å². The lowest BCUT2D eigenvalue weighted by molar-refractivity contribution is -0.148. The number of amides is 2. The first-order valence-electron chi connectivity index (χ1n) is 6.02. The molecular weight excluding hydrogens is 312 g/mol. The molecule has 102 valence electrons. The average Bonchev–Trinajstić information content (AvgIpc) is 2.28. The third-order valence-corrected chi connectivity index (χ3v) is 4.27. The number of nitrogens with one attached hydrogen (secondary N) is 2. The van der Waals surface area contributed by atoms with Crippen molar-refractivity contribution < 1.29 is 14.7 Å². The van der Waals surface area contributed by atoms with E-state index in [1.165, 1.54) is 0 Å². The molecule has 0 saturated heterocycles. The fraction of sp³-hybridized carbons (Fsp3) is 0.385. The van der Waals surface area contributed by atoms with Gasteiger partial charge in [-0.15, -0.1) is 0 Å². The Bertz CT molecular complexity index is 527. The van der Waals surface area contributed by atoms with Gasteiger partial charge in [-0.3, -0.25) is 0 Å². The highest BCUT2D eigenvalue weighted by Crippen LogP contribution is 2.32. The van der Waals surface area contributed by atoms with Crippen LogP contribution in [0, 0.1) is 6.92 Å². The molecule has 2 amide bonds. The third-order valence-electron chi connectivity index (χ3n) is 3.39. The van der Waals surface area contributed by atoms with Gasteiger partial charge in [0.2, 0.25) is 0 Å². The number of carboxylic acids is 1. The minimum Gasteiger partial charge on any atom is -0.480 e. The number of aliphatic carboxylic acids is 1. The van der Waals surface area contributed by atoms with E-state index in [1.54, 1.807) is 6.07 Å². The SMILES string of the molecule is Cc1cc(NC(=O)NC2(C(=O)O)CCC2)ccc1Br. The first-order valence-corrected chi connectivity index (χ1v) is 6.81. The number of rotatable bonds is 3. The Morgan fingerprint density at radius 1 is 1.37 bits per heavy atom. The molecule has 5 nitrogen and oxygen atoms in total. The van der Waals surface area contributed by atoms with Crippen LogP contribution in [0.3, 0.4) is 0 Å². The van der Waals surface area contributed by atoms with Crippen LogP contribution in [0.25, 0.3) is 0 Å². The molecule has 6 heteroatoms. The highest BCUT2D eigenvalue weighted by Gasteiger charge is 2.45. The molecule has 0 unspecified atom stereocenters. The van der Waals surface area contributed by atoms with Crippen molar-refractivity contribution in [2.45, 2.75) is 31.7 Å². The van der Waals surface area contributed by atoms with E-state index in [0.717, 1.165) is 16.5 Å². The van der Waals surface area contributed by atoms with Crippen LogP contribution in [0.5, 0.6) is 0 Å². The number of halogens is 1. The standard InChI is InChI=1S/C13H15BrN2O3/c1-8-7-9(3-4-10(8)14)15-12(19)16-13(11(17)18)5-2-6-13/h3-4,7H,2,5-6H2,1H3,(H,17,18)(H2,15,16,19). The zero-order valence-corrected chi connectivity index (χ0v) is 12.1. The Morgan fingerprint density at radius 3 is 2.53 bits per heavy atom. The fourth-order valence-electron chi connectivity index (χ4n) is 2.02. The summed E-state index contributed by atoms with van der Waals surface area (Å²) in [5, 5.41) is 14.3. The number of benzene rings is 1. The van der Waals surface area contributed by atoms with Gasteiger partial charge in [-0.1, -0.05) is 15.9 Å². The Kier molecular flexibility index (Phi) is 3.80. The van der Waals surface area contributed by atoms with Gasteiger partial charge in [-0.2, -0.15) is 0 Å². The van der Waals surface area contributed by atoms with Crippen LogP contribution in [0.4, 0.5) is 10.5 Å². The maximum atomic E-state index is 11.8. The van der Waals surface area contributed by atoms with Gasteiger partial charge in [0.25, 0.3) is 0 Å². The number of carbonyl (C=O) groups excluding carboxylic acids is 1. The predicted octanol–water partition coefficient (Wildman–Crippen LogP) is 2.89. The quantitative estimate of drug-likeness (QED) is 0.799. The number of aryl methyl sites for hydroxylation is 1. The van der Waals surface area contributed by atoms with Crippen LogP contribution in [0.2, 0.25) is 0 Å². The molecule has 1 aliphatic carbocycles. The second kappa shape index (κ2) is 5.21. The number of hydrogen-bond acceptors (Lipinski definition) is 2. The Labute approximate surface area is 119 Å². The number of urea groups is 1. The normalized spacial score (nSPS) is 16.3. The van der Waals surface area contributed by atoms with Gasteiger partial charge in [0.15, 0.2) is 0 Å². The molecule has 1 fully saturated rings. The van der Waals surface area contributed by atoms with Crippen LogP contribution in [0.15, 0.2) is 22.7 Å². The third kappa shape index (κ3) is 2.89. The highest BCUT2D eigenvalue weighted by molar-refractivity contribution is 9.10. The van der Waals surface area contributed by atoms with Crippen molar-refractivity contribution in [3.8, 4) is 0 Å². The fourth-order valence-corrected chi connectivity index (χ4v) is 2.27. The van der Waals surface area contributed by atoms with Gasteiger partial charge in [-0.05, 0) is 49.9 Å². The zero-order chi connectivity index (χ0) is 14.0. The summed E-state index contributed by atoms with van der Waals surface area (Å²) in [4.78, 5) is 23.0. The minimum atomic E-state index is -1.09. The van der Waals surface area contributed by atoms with Crippen LogP contribution in [-0.4, -0.2) is 22.6 Å². The van der Waals surface area contributed by atoms with E-state index < -0.39 is 17.5 Å². The van der Waals surface area contributed by atoms with Gasteiger partial charge in [0, 0.05) is 10.2 Å². The monoisotopic (exact) mass is 326 g/mol. The van der Waals surface area contributed by atoms with E-state index in [4.69, 9.17) is 5.11 Å². The van der Waals surface area contributed by atoms with Crippen LogP contribution in [0.1, 0.15) is 24.8 Å². The van der Waals surface area contributed by atoms with Crippen molar-refractivity contribution in [3.05, 3.63) is 28.2 Å². The lowest BCUT2D eigenvalue weighted by Gasteiger charge is -2.38. The van der Waals surface area contributed by atoms with E-state index in [1.807, 2.05) is 19.1 Å². The Morgan fingerprint density at radius 2 is 2.05 bits per heavy atom. The van der Waals surface area contributed by atoms with E-state index in [9.17, 15) is 9.59 Å². The topological polar surface area (TPSA) is 78.4 Å². The van der Waals surface area contributed by atoms with E-state index >= 15 is 0 Å². The summed E-state index contributed by atoms with van der Waals surface area (Å²) in [7, 11) is 0. The van der Waals surface area contributed by atoms with E-state index in [0.29, 0.717) is 18.5 Å². The number of hydrogen-bond donors (Lipinski definition) is 3. The van der Waals surface area contributed by atoms with Crippen LogP contribution in [-0.2, 0) is 4.79 Å². The van der Waals surface area contributed by atoms with Gasteiger partial charge >= 0.3 is 12.0 Å². The van der Waals surface area contributed by atoms with Crippen LogP contribution < -0.4 is 10.6 Å². The Hall–Kier alpha value is -1.56. The summed E-state index contributed by atoms with van der Waals surface area (Å²) >= 11 is 3.38. The van der Waals surface area contributed by atoms with Crippen LogP contribution >= 0.6 is 15.9 Å². The second-order valence-electron chi connectivity index (χ2n) is 4.78. The average molecular weight is 327 g/mol. The molecule has 1 aromatic rings. The largest absolute Gasteiger partial charge is 0.480 e. The molecule has 0 spiro atoms. The molecule has 0 heterocycles. The lowest BCUT2D eigenvalue weighted by atomic mass is 9.77. The van der Waals surface area contributed by atoms with Gasteiger partial charge in [0.1, 0.15) is 5.54 Å². The molecule has 0 radical (unpaired) electrons. The first-order chi connectivity index (χ1) is 8.93. The number of anilines is 1. The maximum absolute atomic E-state index is 11.8. The van der Waals surface area contributed by atoms with Crippen molar-refractivity contribution >= 4 is 33.6 Å². The first kappa shape index (κ1) is 13.9. The molecular formula is C13H15BrN2O3. The number of carboxylic acid groups (broad SMARTS) is 1. The van der Waals surface area contributed by atoms with E-state index in [2.05, 4.69) is 26.6 Å². The molecule has 0 bridgehead atoms. The summed E-state index contributed by atoms with van der Waals surface area (Å²) in [6.07, 6.45) is 1.79. The maximum Gasteiger partial charge on any atom is 0.329 e. The van der Waals surface area contributed by atoms with E-state index in [-0.39, 0.29) is 0 Å². The predicted molar refractivity (Wildman–Crippen MR) is 75.3 cm³/mol. The molecule has 0 atom stereocenters. The summed E-state index contributed by atoms with van der Waals surface area (Å²) in [5.41, 5.74) is 0.543. The molecule has 1 aliphatic rings. The van der Waals surface area contributed by atoms with Crippen molar-refractivity contribution in [1.29, 1.82) is 0 Å². The molecule has 3 N–H and O–H groups in total. The minimum absolute atomic E-state index is 0.481. The molecule has 19 heavy (non-hydrogen) atoms. The second-order valence-corrected chi connectivity index (χ2v) is 5.64. The summed E-state index contributed by atoms with van der Waals surface area (Å²) in [6, 6.07) is 4.92. The molecule has 1 aromatic carbocycles. The van der Waals surface area contributed by atoms with Gasteiger partial charge < -0.3 is 15.7 Å². The molecule has 0 aliphatic heterocycles. The summed E-state index contributed by atoms with van der Waals surface area (Å²) in [6.45, 7) is 1.91. The number of carbonyl (C=O) groups is 2. The smallest absolute Gasteiger partial charge is 0.329 e. The van der Waals surface area contributed by atoms with Gasteiger partial charge in [0.05, 0.1) is 0 Å². The van der Waals surface area contributed by atoms with Crippen molar-refractivity contribution in [2.75, 3.05) is 5.32 Å². The molecule has 0 aromatic heterocycles. The van der Waals surface area contributed by atoms with Crippen molar-refractivity contribution in [1.82, 2.24) is 5.32 Å². The lowest BCUT2D eigenvalue weighted by Crippen LogP contribution is -2.60. The van der Waals surface area contributed by atoms with Crippen molar-refractivity contribution in [2.24, 2.45) is 0 Å². The molecule has 2 rings (SSSR count).